The summed E-state index contributed by atoms with van der Waals surface area (Å²) in [5.74, 6) is -0.0763. The quantitative estimate of drug-likeness (QED) is 0.786. The predicted octanol–water partition coefficient (Wildman–Crippen LogP) is 4.33. The van der Waals surface area contributed by atoms with Crippen LogP contribution >= 0.6 is 11.6 Å². The van der Waals surface area contributed by atoms with Gasteiger partial charge in [-0.3, -0.25) is 4.79 Å². The molecule has 2 N–H and O–H groups in total. The van der Waals surface area contributed by atoms with Gasteiger partial charge in [0.05, 0.1) is 5.56 Å². The Morgan fingerprint density at radius 1 is 1.30 bits per heavy atom. The van der Waals surface area contributed by atoms with Crippen molar-refractivity contribution < 1.29 is 4.79 Å². The van der Waals surface area contributed by atoms with Crippen LogP contribution in [0.5, 0.6) is 0 Å². The van der Waals surface area contributed by atoms with E-state index < -0.39 is 0 Å². The second-order valence-corrected chi connectivity index (χ2v) is 6.25. The first-order chi connectivity index (χ1) is 9.39. The molecule has 0 bridgehead atoms. The summed E-state index contributed by atoms with van der Waals surface area (Å²) in [5, 5.41) is 6.84. The lowest BCUT2D eigenvalue weighted by Crippen LogP contribution is -2.34. The van der Waals surface area contributed by atoms with E-state index in [-0.39, 0.29) is 11.3 Å². The van der Waals surface area contributed by atoms with E-state index in [4.69, 9.17) is 11.6 Å². The third-order valence-corrected chi connectivity index (χ3v) is 3.71. The van der Waals surface area contributed by atoms with Gasteiger partial charge < -0.3 is 10.6 Å². The molecule has 112 valence electrons. The number of rotatable bonds is 7. The number of amides is 1. The maximum atomic E-state index is 12.3. The lowest BCUT2D eigenvalue weighted by molar-refractivity contribution is 0.0936. The van der Waals surface area contributed by atoms with Crippen molar-refractivity contribution in [2.24, 2.45) is 5.41 Å². The second kappa shape index (κ2) is 7.53. The van der Waals surface area contributed by atoms with Crippen molar-refractivity contribution in [3.63, 3.8) is 0 Å². The lowest BCUT2D eigenvalue weighted by Gasteiger charge is -2.23. The van der Waals surface area contributed by atoms with Gasteiger partial charge in [0, 0.05) is 23.8 Å². The molecule has 0 saturated carbocycles. The highest BCUT2D eigenvalue weighted by Gasteiger charge is 2.18. The molecule has 0 aromatic heterocycles. The van der Waals surface area contributed by atoms with Crippen LogP contribution in [-0.4, -0.2) is 19.0 Å². The largest absolute Gasteiger partial charge is 0.384 e. The Balaban J connectivity index is 2.82. The average Bonchev–Trinajstić information content (AvgIpc) is 2.43. The smallest absolute Gasteiger partial charge is 0.253 e. The number of hydrogen-bond donors (Lipinski definition) is 2. The standard InChI is InChI=1S/C16H25ClN2O/c1-5-9-18-14-8-7-12(17)10-13(14)15(20)19-11-16(3,4)6-2/h7-8,10,18H,5-6,9,11H2,1-4H3,(H,19,20). The Hall–Kier alpha value is -1.22. The third-order valence-electron chi connectivity index (χ3n) is 3.48. The Bertz CT molecular complexity index is 458. The van der Waals surface area contributed by atoms with Crippen LogP contribution in [0, 0.1) is 5.41 Å². The summed E-state index contributed by atoms with van der Waals surface area (Å²) in [6.45, 7) is 9.99. The molecular formula is C16H25ClN2O. The molecule has 0 aliphatic heterocycles. The molecule has 3 nitrogen and oxygen atoms in total. The molecule has 0 saturated heterocycles. The predicted molar refractivity (Wildman–Crippen MR) is 86.6 cm³/mol. The molecule has 0 aliphatic carbocycles. The molecule has 0 spiro atoms. The zero-order valence-electron chi connectivity index (χ0n) is 12.8. The number of hydrogen-bond acceptors (Lipinski definition) is 2. The Morgan fingerprint density at radius 2 is 2.00 bits per heavy atom. The van der Waals surface area contributed by atoms with Gasteiger partial charge in [-0.1, -0.05) is 39.3 Å². The molecule has 0 aliphatic rings. The molecule has 0 radical (unpaired) electrons. The van der Waals surface area contributed by atoms with Crippen molar-refractivity contribution in [3.05, 3.63) is 28.8 Å². The first kappa shape index (κ1) is 16.8. The average molecular weight is 297 g/mol. The summed E-state index contributed by atoms with van der Waals surface area (Å²) in [7, 11) is 0. The van der Waals surface area contributed by atoms with Crippen molar-refractivity contribution in [1.29, 1.82) is 0 Å². The Labute approximate surface area is 127 Å². The van der Waals surface area contributed by atoms with Crippen LogP contribution in [0.2, 0.25) is 5.02 Å². The van der Waals surface area contributed by atoms with Gasteiger partial charge in [0.25, 0.3) is 5.91 Å². The molecule has 4 heteroatoms. The fraction of sp³-hybridized carbons (Fsp3) is 0.562. The van der Waals surface area contributed by atoms with Crippen LogP contribution in [0.3, 0.4) is 0 Å². The molecule has 0 atom stereocenters. The van der Waals surface area contributed by atoms with Crippen molar-refractivity contribution in [1.82, 2.24) is 5.32 Å². The van der Waals surface area contributed by atoms with E-state index in [2.05, 4.69) is 38.3 Å². The minimum absolute atomic E-state index is 0.0763. The van der Waals surface area contributed by atoms with Gasteiger partial charge in [0.2, 0.25) is 0 Å². The van der Waals surface area contributed by atoms with E-state index in [1.54, 1.807) is 12.1 Å². The monoisotopic (exact) mass is 296 g/mol. The number of nitrogens with one attached hydrogen (secondary N) is 2. The highest BCUT2D eigenvalue weighted by Crippen LogP contribution is 2.22. The molecule has 0 unspecified atom stereocenters. The first-order valence-corrected chi connectivity index (χ1v) is 7.59. The van der Waals surface area contributed by atoms with Gasteiger partial charge in [-0.15, -0.1) is 0 Å². The molecule has 1 amide bonds. The maximum Gasteiger partial charge on any atom is 0.253 e. The van der Waals surface area contributed by atoms with E-state index in [1.807, 2.05) is 6.07 Å². The lowest BCUT2D eigenvalue weighted by atomic mass is 9.90. The summed E-state index contributed by atoms with van der Waals surface area (Å²) in [6.07, 6.45) is 2.02. The summed E-state index contributed by atoms with van der Waals surface area (Å²) in [4.78, 5) is 12.3. The number of carbonyl (C=O) groups is 1. The van der Waals surface area contributed by atoms with Crippen molar-refractivity contribution in [2.75, 3.05) is 18.4 Å². The summed E-state index contributed by atoms with van der Waals surface area (Å²) < 4.78 is 0. The molecule has 0 heterocycles. The van der Waals surface area contributed by atoms with Gasteiger partial charge in [0.1, 0.15) is 0 Å². The van der Waals surface area contributed by atoms with Gasteiger partial charge in [0.15, 0.2) is 0 Å². The van der Waals surface area contributed by atoms with E-state index in [0.29, 0.717) is 17.1 Å². The maximum absolute atomic E-state index is 12.3. The SMILES string of the molecule is CCCNc1ccc(Cl)cc1C(=O)NCC(C)(C)CC. The fourth-order valence-corrected chi connectivity index (χ4v) is 1.83. The summed E-state index contributed by atoms with van der Waals surface area (Å²) >= 11 is 6.00. The number of halogens is 1. The fourth-order valence-electron chi connectivity index (χ4n) is 1.66. The Morgan fingerprint density at radius 3 is 2.60 bits per heavy atom. The minimum atomic E-state index is -0.0763. The van der Waals surface area contributed by atoms with Crippen LogP contribution in [0.4, 0.5) is 5.69 Å². The summed E-state index contributed by atoms with van der Waals surface area (Å²) in [6, 6.07) is 5.37. The molecule has 20 heavy (non-hydrogen) atoms. The normalized spacial score (nSPS) is 11.2. The van der Waals surface area contributed by atoms with Crippen LogP contribution in [0.1, 0.15) is 50.9 Å². The Kier molecular flexibility index (Phi) is 6.34. The van der Waals surface area contributed by atoms with Crippen LogP contribution in [-0.2, 0) is 0 Å². The molecular weight excluding hydrogens is 272 g/mol. The highest BCUT2D eigenvalue weighted by molar-refractivity contribution is 6.31. The van der Waals surface area contributed by atoms with E-state index >= 15 is 0 Å². The molecule has 1 aromatic rings. The zero-order valence-corrected chi connectivity index (χ0v) is 13.6. The number of carbonyl (C=O) groups excluding carboxylic acids is 1. The van der Waals surface area contributed by atoms with E-state index in [1.165, 1.54) is 0 Å². The molecule has 1 aromatic carbocycles. The van der Waals surface area contributed by atoms with Gasteiger partial charge in [-0.2, -0.15) is 0 Å². The van der Waals surface area contributed by atoms with E-state index in [0.717, 1.165) is 25.1 Å². The zero-order chi connectivity index (χ0) is 15.2. The molecule has 0 fully saturated rings. The van der Waals surface area contributed by atoms with Crippen LogP contribution < -0.4 is 10.6 Å². The van der Waals surface area contributed by atoms with Gasteiger partial charge in [-0.05, 0) is 36.5 Å². The summed E-state index contributed by atoms with van der Waals surface area (Å²) in [5.41, 5.74) is 1.55. The van der Waals surface area contributed by atoms with Gasteiger partial charge >= 0.3 is 0 Å². The van der Waals surface area contributed by atoms with Crippen LogP contribution in [0.25, 0.3) is 0 Å². The van der Waals surface area contributed by atoms with Crippen molar-refractivity contribution >= 4 is 23.2 Å². The number of benzene rings is 1. The minimum Gasteiger partial charge on any atom is -0.384 e. The first-order valence-electron chi connectivity index (χ1n) is 7.21. The van der Waals surface area contributed by atoms with Crippen molar-refractivity contribution in [3.8, 4) is 0 Å². The van der Waals surface area contributed by atoms with E-state index in [9.17, 15) is 4.79 Å². The topological polar surface area (TPSA) is 41.1 Å². The van der Waals surface area contributed by atoms with Crippen molar-refractivity contribution in [2.45, 2.75) is 40.5 Å². The van der Waals surface area contributed by atoms with Gasteiger partial charge in [-0.25, -0.2) is 0 Å². The van der Waals surface area contributed by atoms with Crippen LogP contribution in [0.15, 0.2) is 18.2 Å². The highest BCUT2D eigenvalue weighted by atomic mass is 35.5. The second-order valence-electron chi connectivity index (χ2n) is 5.82. The molecule has 1 rings (SSSR count). The number of anilines is 1. The third kappa shape index (κ3) is 5.04.